The summed E-state index contributed by atoms with van der Waals surface area (Å²) in [5, 5.41) is 4.49. The third kappa shape index (κ3) is 5.72. The highest BCUT2D eigenvalue weighted by Gasteiger charge is 2.33. The molecule has 1 atom stereocenters. The number of hydrogen-bond acceptors (Lipinski definition) is 7. The Morgan fingerprint density at radius 1 is 1.08 bits per heavy atom. The van der Waals surface area contributed by atoms with Crippen molar-refractivity contribution in [2.45, 2.75) is 28.9 Å². The molecular formula is C24H27N3O6S3. The summed E-state index contributed by atoms with van der Waals surface area (Å²) in [6, 6.07) is 14.2. The fraction of sp³-hybridized carbons (Fsp3) is 0.292. The second kappa shape index (κ2) is 10.6. The molecule has 1 fully saturated rings. The van der Waals surface area contributed by atoms with Gasteiger partial charge in [-0.1, -0.05) is 12.1 Å². The van der Waals surface area contributed by atoms with Crippen LogP contribution >= 0.6 is 11.3 Å². The van der Waals surface area contributed by atoms with E-state index in [-0.39, 0.29) is 21.6 Å². The van der Waals surface area contributed by atoms with Crippen molar-refractivity contribution in [3.63, 3.8) is 0 Å². The van der Waals surface area contributed by atoms with Crippen molar-refractivity contribution in [1.82, 2.24) is 4.31 Å². The zero-order valence-electron chi connectivity index (χ0n) is 19.8. The molecule has 9 nitrogen and oxygen atoms in total. The van der Waals surface area contributed by atoms with E-state index >= 15 is 0 Å². The van der Waals surface area contributed by atoms with Gasteiger partial charge in [-0.3, -0.25) is 9.52 Å². The Balaban J connectivity index is 1.42. The van der Waals surface area contributed by atoms with Crippen LogP contribution < -0.4 is 14.8 Å². The van der Waals surface area contributed by atoms with Gasteiger partial charge in [0.1, 0.15) is 9.96 Å². The maximum Gasteiger partial charge on any atom is 0.262 e. The molecule has 0 unspecified atom stereocenters. The third-order valence-electron chi connectivity index (χ3n) is 5.88. The van der Waals surface area contributed by atoms with E-state index in [4.69, 9.17) is 4.74 Å². The van der Waals surface area contributed by atoms with E-state index in [1.54, 1.807) is 29.6 Å². The van der Waals surface area contributed by atoms with Crippen LogP contribution in [0.1, 0.15) is 18.4 Å². The Bertz CT molecular complexity index is 1440. The number of nitrogens with one attached hydrogen (secondary N) is 2. The quantitative estimate of drug-likeness (QED) is 0.440. The number of hydrogen-bond donors (Lipinski definition) is 2. The van der Waals surface area contributed by atoms with Crippen LogP contribution in [0.3, 0.4) is 0 Å². The zero-order chi connectivity index (χ0) is 25.9. The normalized spacial score (nSPS) is 16.9. The molecule has 1 aliphatic rings. The van der Waals surface area contributed by atoms with Gasteiger partial charge in [0, 0.05) is 18.8 Å². The highest BCUT2D eigenvalue weighted by Crippen LogP contribution is 2.29. The van der Waals surface area contributed by atoms with Gasteiger partial charge >= 0.3 is 0 Å². The van der Waals surface area contributed by atoms with Crippen LogP contribution in [0, 0.1) is 12.8 Å². The van der Waals surface area contributed by atoms with Crippen LogP contribution in [-0.2, 0) is 24.8 Å². The first-order chi connectivity index (χ1) is 17.1. The van der Waals surface area contributed by atoms with E-state index in [0.717, 1.165) is 16.9 Å². The van der Waals surface area contributed by atoms with Gasteiger partial charge in [0.2, 0.25) is 5.91 Å². The average molecular weight is 550 g/mol. The van der Waals surface area contributed by atoms with Gasteiger partial charge in [0.05, 0.1) is 23.6 Å². The fourth-order valence-corrected chi connectivity index (χ4v) is 7.71. The number of amides is 1. The van der Waals surface area contributed by atoms with Crippen molar-refractivity contribution in [1.29, 1.82) is 0 Å². The Hall–Kier alpha value is -2.93. The van der Waals surface area contributed by atoms with E-state index in [9.17, 15) is 21.6 Å². The number of aryl methyl sites for hydroxylation is 1. The Kier molecular flexibility index (Phi) is 7.69. The van der Waals surface area contributed by atoms with Crippen LogP contribution in [0.4, 0.5) is 11.4 Å². The minimum atomic E-state index is -3.89. The Morgan fingerprint density at radius 2 is 1.83 bits per heavy atom. The summed E-state index contributed by atoms with van der Waals surface area (Å²) >= 11 is 1.15. The number of anilines is 2. The predicted octanol–water partition coefficient (Wildman–Crippen LogP) is 3.91. The first-order valence-corrected chi connectivity index (χ1v) is 15.0. The number of piperidine rings is 1. The molecule has 0 bridgehead atoms. The van der Waals surface area contributed by atoms with Gasteiger partial charge in [0.25, 0.3) is 20.0 Å². The molecule has 3 aromatic rings. The van der Waals surface area contributed by atoms with Crippen LogP contribution in [0.5, 0.6) is 5.75 Å². The van der Waals surface area contributed by atoms with Gasteiger partial charge in [0.15, 0.2) is 0 Å². The maximum absolute atomic E-state index is 12.9. The van der Waals surface area contributed by atoms with Crippen molar-refractivity contribution in [2.75, 3.05) is 30.2 Å². The lowest BCUT2D eigenvalue weighted by Gasteiger charge is -2.30. The lowest BCUT2D eigenvalue weighted by Crippen LogP contribution is -2.43. The molecule has 1 amide bonds. The van der Waals surface area contributed by atoms with Gasteiger partial charge < -0.3 is 10.1 Å². The van der Waals surface area contributed by atoms with E-state index in [1.807, 2.05) is 13.0 Å². The molecule has 1 saturated heterocycles. The standard InChI is InChI=1S/C24H27N3O6S3/c1-17-7-12-22(33-2)21(15-17)26-35(29,30)20-10-8-19(9-11-20)25-24(28)18-5-3-13-27(16-18)36(31,32)23-6-4-14-34-23/h4,6-12,14-15,18,26H,3,5,13,16H2,1-2H3,(H,25,28)/t18-/m1/s1. The zero-order valence-corrected chi connectivity index (χ0v) is 22.3. The van der Waals surface area contributed by atoms with Crippen LogP contribution in [0.15, 0.2) is 69.1 Å². The third-order valence-corrected chi connectivity index (χ3v) is 10.5. The molecule has 0 radical (unpaired) electrons. The molecule has 0 spiro atoms. The molecule has 4 rings (SSSR count). The largest absolute Gasteiger partial charge is 0.495 e. The molecule has 1 aromatic heterocycles. The van der Waals surface area contributed by atoms with E-state index < -0.39 is 26.0 Å². The van der Waals surface area contributed by atoms with Crippen LogP contribution in [0.25, 0.3) is 0 Å². The summed E-state index contributed by atoms with van der Waals surface area (Å²) < 4.78 is 60.8. The van der Waals surface area contributed by atoms with Crippen molar-refractivity contribution in [3.05, 3.63) is 65.5 Å². The molecule has 1 aliphatic heterocycles. The number of rotatable bonds is 8. The van der Waals surface area contributed by atoms with Gasteiger partial charge in [-0.25, -0.2) is 16.8 Å². The first kappa shape index (κ1) is 26.1. The topological polar surface area (TPSA) is 122 Å². The fourth-order valence-electron chi connectivity index (χ4n) is 3.98. The summed E-state index contributed by atoms with van der Waals surface area (Å²) in [5.41, 5.74) is 1.62. The van der Waals surface area contributed by atoms with Crippen molar-refractivity contribution in [2.24, 2.45) is 5.92 Å². The minimum Gasteiger partial charge on any atom is -0.495 e. The molecule has 192 valence electrons. The molecule has 2 N–H and O–H groups in total. The van der Waals surface area contributed by atoms with Crippen molar-refractivity contribution in [3.8, 4) is 5.75 Å². The summed E-state index contributed by atoms with van der Waals surface area (Å²) in [5.74, 6) is -0.415. The molecule has 36 heavy (non-hydrogen) atoms. The first-order valence-electron chi connectivity index (χ1n) is 11.2. The smallest absolute Gasteiger partial charge is 0.262 e. The summed E-state index contributed by atoms with van der Waals surface area (Å²) in [4.78, 5) is 12.9. The highest BCUT2D eigenvalue weighted by molar-refractivity contribution is 7.92. The Labute approximate surface area is 215 Å². The maximum atomic E-state index is 12.9. The van der Waals surface area contributed by atoms with Gasteiger partial charge in [-0.05, 0) is 73.2 Å². The lowest BCUT2D eigenvalue weighted by atomic mass is 9.99. The average Bonchev–Trinajstić information content (AvgIpc) is 3.40. The summed E-state index contributed by atoms with van der Waals surface area (Å²) in [6.45, 7) is 2.31. The molecule has 2 aromatic carbocycles. The number of carbonyl (C=O) groups excluding carboxylic acids is 1. The number of nitrogens with zero attached hydrogens (tertiary/aromatic N) is 1. The number of methoxy groups -OCH3 is 1. The molecule has 12 heteroatoms. The van der Waals surface area contributed by atoms with Crippen molar-refractivity contribution >= 4 is 48.7 Å². The predicted molar refractivity (Wildman–Crippen MR) is 139 cm³/mol. The number of benzene rings is 2. The number of carbonyl (C=O) groups is 1. The van der Waals surface area contributed by atoms with Gasteiger partial charge in [-0.2, -0.15) is 4.31 Å². The second-order valence-corrected chi connectivity index (χ2v) is 13.3. The monoisotopic (exact) mass is 549 g/mol. The minimum absolute atomic E-state index is 0.0231. The number of thiophene rings is 1. The van der Waals surface area contributed by atoms with Crippen LogP contribution in [0.2, 0.25) is 0 Å². The lowest BCUT2D eigenvalue weighted by molar-refractivity contribution is -0.120. The second-order valence-electron chi connectivity index (χ2n) is 8.46. The Morgan fingerprint density at radius 3 is 2.50 bits per heavy atom. The van der Waals surface area contributed by atoms with E-state index in [0.29, 0.717) is 36.5 Å². The highest BCUT2D eigenvalue weighted by atomic mass is 32.2. The number of ether oxygens (including phenoxy) is 1. The molecule has 2 heterocycles. The molecule has 0 saturated carbocycles. The van der Waals surface area contributed by atoms with Gasteiger partial charge in [-0.15, -0.1) is 11.3 Å². The summed E-state index contributed by atoms with van der Waals surface area (Å²) in [7, 11) is -6.05. The van der Waals surface area contributed by atoms with Crippen molar-refractivity contribution < 1.29 is 26.4 Å². The molecular weight excluding hydrogens is 522 g/mol. The molecule has 0 aliphatic carbocycles. The van der Waals surface area contributed by atoms with E-state index in [2.05, 4.69) is 10.0 Å². The number of sulfonamides is 2. The SMILES string of the molecule is COc1ccc(C)cc1NS(=O)(=O)c1ccc(NC(=O)[C@@H]2CCCN(S(=O)(=O)c3cccs3)C2)cc1. The summed E-state index contributed by atoms with van der Waals surface area (Å²) in [6.07, 6.45) is 1.14. The van der Waals surface area contributed by atoms with E-state index in [1.165, 1.54) is 35.7 Å². The van der Waals surface area contributed by atoms with Crippen LogP contribution in [-0.4, -0.2) is 47.2 Å².